The first kappa shape index (κ1) is 21.3. The molecule has 6 nitrogen and oxygen atoms in total. The molecule has 0 aromatic heterocycles. The minimum Gasteiger partial charge on any atom is -0.497 e. The van der Waals surface area contributed by atoms with Gasteiger partial charge in [0.2, 0.25) is 0 Å². The number of para-hydroxylation sites is 1. The van der Waals surface area contributed by atoms with E-state index < -0.39 is 21.7 Å². The van der Waals surface area contributed by atoms with Gasteiger partial charge < -0.3 is 9.64 Å². The van der Waals surface area contributed by atoms with Gasteiger partial charge in [-0.2, -0.15) is 0 Å². The lowest BCUT2D eigenvalue weighted by atomic mass is 10.2. The maximum absolute atomic E-state index is 14.0. The molecule has 0 aliphatic heterocycles. The molecule has 0 fully saturated rings. The molecule has 0 radical (unpaired) electrons. The largest absolute Gasteiger partial charge is 0.497 e. The van der Waals surface area contributed by atoms with E-state index in [0.29, 0.717) is 11.4 Å². The number of halogens is 1. The molecule has 3 aromatic carbocycles. The number of hydrogen-bond acceptors (Lipinski definition) is 4. The van der Waals surface area contributed by atoms with E-state index in [2.05, 4.69) is 0 Å². The van der Waals surface area contributed by atoms with E-state index in [0.717, 1.165) is 9.21 Å². The third-order valence-electron chi connectivity index (χ3n) is 4.69. The molecular formula is C22H21FN2O4S. The van der Waals surface area contributed by atoms with Crippen molar-refractivity contribution in [1.82, 2.24) is 0 Å². The topological polar surface area (TPSA) is 66.9 Å². The van der Waals surface area contributed by atoms with Gasteiger partial charge in [0.25, 0.3) is 15.9 Å². The quantitative estimate of drug-likeness (QED) is 0.597. The Morgan fingerprint density at radius 3 is 2.23 bits per heavy atom. The van der Waals surface area contributed by atoms with Crippen molar-refractivity contribution in [1.29, 1.82) is 0 Å². The van der Waals surface area contributed by atoms with Crippen molar-refractivity contribution < 1.29 is 22.3 Å². The normalized spacial score (nSPS) is 11.1. The number of anilines is 2. The highest BCUT2D eigenvalue weighted by Gasteiger charge is 2.24. The van der Waals surface area contributed by atoms with Crippen molar-refractivity contribution in [3.8, 4) is 5.75 Å². The smallest absolute Gasteiger partial charge is 0.264 e. The predicted molar refractivity (Wildman–Crippen MR) is 114 cm³/mol. The third kappa shape index (κ3) is 4.13. The molecule has 8 heteroatoms. The summed E-state index contributed by atoms with van der Waals surface area (Å²) in [6, 6.07) is 18.1. The summed E-state index contributed by atoms with van der Waals surface area (Å²) < 4.78 is 46.4. The second-order valence-corrected chi connectivity index (χ2v) is 8.48. The van der Waals surface area contributed by atoms with Gasteiger partial charge in [-0.1, -0.05) is 18.2 Å². The molecule has 3 rings (SSSR count). The van der Waals surface area contributed by atoms with Gasteiger partial charge in [0.15, 0.2) is 0 Å². The van der Waals surface area contributed by atoms with Crippen LogP contribution in [-0.4, -0.2) is 35.5 Å². The number of nitrogens with zero attached hydrogens (tertiary/aromatic N) is 2. The van der Waals surface area contributed by atoms with Crippen LogP contribution in [0.15, 0.2) is 77.7 Å². The second-order valence-electron chi connectivity index (χ2n) is 6.51. The third-order valence-corrected chi connectivity index (χ3v) is 6.48. The summed E-state index contributed by atoms with van der Waals surface area (Å²) in [6.07, 6.45) is 0. The lowest BCUT2D eigenvalue weighted by molar-refractivity contribution is 0.0992. The number of hydrogen-bond donors (Lipinski definition) is 0. The monoisotopic (exact) mass is 428 g/mol. The highest BCUT2D eigenvalue weighted by Crippen LogP contribution is 2.26. The van der Waals surface area contributed by atoms with Crippen LogP contribution < -0.4 is 13.9 Å². The van der Waals surface area contributed by atoms with Gasteiger partial charge in [-0.15, -0.1) is 0 Å². The zero-order valence-corrected chi connectivity index (χ0v) is 17.6. The Bertz CT molecular complexity index is 1160. The number of methoxy groups -OCH3 is 1. The number of carbonyl (C=O) groups excluding carboxylic acids is 1. The Hall–Kier alpha value is -3.39. The molecule has 0 bridgehead atoms. The van der Waals surface area contributed by atoms with E-state index in [1.807, 2.05) is 0 Å². The molecule has 3 aromatic rings. The van der Waals surface area contributed by atoms with Crippen LogP contribution in [0.25, 0.3) is 0 Å². The van der Waals surface area contributed by atoms with Gasteiger partial charge in [0, 0.05) is 19.7 Å². The lowest BCUT2D eigenvalue weighted by Crippen LogP contribution is -2.29. The van der Waals surface area contributed by atoms with E-state index in [1.54, 1.807) is 30.3 Å². The molecule has 0 N–H and O–H groups in total. The number of rotatable bonds is 6. The van der Waals surface area contributed by atoms with Crippen LogP contribution in [0.4, 0.5) is 15.8 Å². The van der Waals surface area contributed by atoms with E-state index in [4.69, 9.17) is 4.74 Å². The van der Waals surface area contributed by atoms with Gasteiger partial charge in [-0.25, -0.2) is 12.8 Å². The van der Waals surface area contributed by atoms with Crippen molar-refractivity contribution in [2.45, 2.75) is 4.90 Å². The summed E-state index contributed by atoms with van der Waals surface area (Å²) in [6.45, 7) is 0. The van der Waals surface area contributed by atoms with Crippen molar-refractivity contribution in [3.63, 3.8) is 0 Å². The summed E-state index contributed by atoms with van der Waals surface area (Å²) >= 11 is 0. The van der Waals surface area contributed by atoms with Crippen molar-refractivity contribution in [2.24, 2.45) is 0 Å². The summed E-state index contributed by atoms with van der Waals surface area (Å²) in [5.41, 5.74) is 0.673. The Kier molecular flexibility index (Phi) is 6.07. The Labute approximate surface area is 175 Å². The molecule has 0 aliphatic carbocycles. The Balaban J connectivity index is 1.91. The molecular weight excluding hydrogens is 407 g/mol. The first-order valence-electron chi connectivity index (χ1n) is 9.01. The maximum atomic E-state index is 14.0. The molecule has 0 aliphatic rings. The van der Waals surface area contributed by atoms with Gasteiger partial charge >= 0.3 is 0 Å². The number of sulfonamides is 1. The summed E-state index contributed by atoms with van der Waals surface area (Å²) in [5.74, 6) is -0.464. The average molecular weight is 428 g/mol. The van der Waals surface area contributed by atoms with E-state index >= 15 is 0 Å². The number of carbonyl (C=O) groups is 1. The zero-order valence-electron chi connectivity index (χ0n) is 16.7. The average Bonchev–Trinajstić information content (AvgIpc) is 2.78. The summed E-state index contributed by atoms with van der Waals surface area (Å²) in [4.78, 5) is 13.9. The fourth-order valence-electron chi connectivity index (χ4n) is 2.91. The fraction of sp³-hybridized carbons (Fsp3) is 0.136. The molecule has 156 valence electrons. The van der Waals surface area contributed by atoms with Crippen molar-refractivity contribution >= 4 is 27.3 Å². The summed E-state index contributed by atoms with van der Waals surface area (Å²) in [7, 11) is 0.469. The lowest BCUT2D eigenvalue weighted by Gasteiger charge is -2.21. The van der Waals surface area contributed by atoms with Crippen LogP contribution in [0.2, 0.25) is 0 Å². The second kappa shape index (κ2) is 8.54. The van der Waals surface area contributed by atoms with Gasteiger partial charge in [0.05, 0.1) is 23.4 Å². The minimum absolute atomic E-state index is 0.0476. The number of ether oxygens (including phenoxy) is 1. The van der Waals surface area contributed by atoms with Crippen LogP contribution in [-0.2, 0) is 10.0 Å². The van der Waals surface area contributed by atoms with Gasteiger partial charge in [-0.3, -0.25) is 9.10 Å². The van der Waals surface area contributed by atoms with Crippen molar-refractivity contribution in [3.05, 3.63) is 84.2 Å². The van der Waals surface area contributed by atoms with Crippen LogP contribution in [0.3, 0.4) is 0 Å². The maximum Gasteiger partial charge on any atom is 0.264 e. The number of amides is 1. The van der Waals surface area contributed by atoms with Gasteiger partial charge in [0.1, 0.15) is 11.6 Å². The molecule has 0 saturated carbocycles. The van der Waals surface area contributed by atoms with Crippen molar-refractivity contribution in [2.75, 3.05) is 30.4 Å². The Morgan fingerprint density at radius 1 is 0.933 bits per heavy atom. The minimum atomic E-state index is -3.92. The van der Waals surface area contributed by atoms with Gasteiger partial charge in [-0.05, 0) is 54.6 Å². The van der Waals surface area contributed by atoms with Crippen LogP contribution in [0, 0.1) is 5.82 Å². The first-order chi connectivity index (χ1) is 14.3. The van der Waals surface area contributed by atoms with E-state index in [-0.39, 0.29) is 16.1 Å². The molecule has 0 atom stereocenters. The SMILES string of the molecule is COc1ccc(N(C)S(=O)(=O)c2cccc(C(=O)N(C)c3ccccc3F)c2)cc1. The summed E-state index contributed by atoms with van der Waals surface area (Å²) in [5, 5.41) is 0. The standard InChI is InChI=1S/C22H21FN2O4S/c1-24(21-10-5-4-9-20(21)23)22(26)16-7-6-8-19(15-16)30(27,28)25(2)17-11-13-18(29-3)14-12-17/h4-15H,1-3H3. The fourth-order valence-corrected chi connectivity index (χ4v) is 4.15. The first-order valence-corrected chi connectivity index (χ1v) is 10.5. The van der Waals surface area contributed by atoms with E-state index in [1.165, 1.54) is 63.7 Å². The van der Waals surface area contributed by atoms with Crippen LogP contribution in [0.1, 0.15) is 10.4 Å². The van der Waals surface area contributed by atoms with Crippen LogP contribution in [0.5, 0.6) is 5.75 Å². The molecule has 1 amide bonds. The molecule has 0 spiro atoms. The van der Waals surface area contributed by atoms with E-state index in [9.17, 15) is 17.6 Å². The molecule has 0 heterocycles. The predicted octanol–water partition coefficient (Wildman–Crippen LogP) is 3.94. The highest BCUT2D eigenvalue weighted by molar-refractivity contribution is 7.92. The Morgan fingerprint density at radius 2 is 1.60 bits per heavy atom. The number of benzene rings is 3. The molecule has 0 unspecified atom stereocenters. The molecule has 0 saturated heterocycles. The highest BCUT2D eigenvalue weighted by atomic mass is 32.2. The van der Waals surface area contributed by atoms with Crippen LogP contribution >= 0.6 is 0 Å². The zero-order chi connectivity index (χ0) is 21.9. The molecule has 30 heavy (non-hydrogen) atoms.